The van der Waals surface area contributed by atoms with Crippen molar-refractivity contribution in [2.75, 3.05) is 11.5 Å². The molecule has 1 aromatic rings. The molecule has 1 fully saturated rings. The summed E-state index contributed by atoms with van der Waals surface area (Å²) < 4.78 is 20.3. The molecule has 0 bridgehead atoms. The molecule has 1 aromatic heterocycles. The van der Waals surface area contributed by atoms with Gasteiger partial charge in [0.05, 0.1) is 11.0 Å². The zero-order chi connectivity index (χ0) is 12.6. The van der Waals surface area contributed by atoms with Gasteiger partial charge in [-0.05, 0) is 12.8 Å². The maximum absolute atomic E-state index is 11.5. The van der Waals surface area contributed by atoms with E-state index < -0.39 is 14.7 Å². The molecule has 0 amide bonds. The second-order valence-corrected chi connectivity index (χ2v) is 6.77. The van der Waals surface area contributed by atoms with Gasteiger partial charge in [-0.25, -0.2) is 8.89 Å². The summed E-state index contributed by atoms with van der Waals surface area (Å²) in [5.41, 5.74) is -0.219. The van der Waals surface area contributed by atoms with E-state index in [9.17, 15) is 14.3 Å². The number of halogens is 1. The van der Waals surface area contributed by atoms with Crippen molar-refractivity contribution in [1.29, 1.82) is 4.78 Å². The standard InChI is InChI=1S/C8H11ClN4O3S/c9-8-7(13(14)15)5-11-12(8)6-1-3-17(10,16)4-2-6/h5-6,10H,1-4H2. The van der Waals surface area contributed by atoms with Crippen molar-refractivity contribution in [1.82, 2.24) is 9.78 Å². The van der Waals surface area contributed by atoms with Crippen LogP contribution in [0.15, 0.2) is 6.20 Å². The van der Waals surface area contributed by atoms with Crippen molar-refractivity contribution < 1.29 is 9.13 Å². The van der Waals surface area contributed by atoms with E-state index in [1.54, 1.807) is 0 Å². The largest absolute Gasteiger partial charge is 0.325 e. The van der Waals surface area contributed by atoms with E-state index in [1.165, 1.54) is 4.68 Å². The van der Waals surface area contributed by atoms with Crippen LogP contribution >= 0.6 is 11.6 Å². The molecule has 7 nitrogen and oxygen atoms in total. The molecule has 2 heterocycles. The third kappa shape index (κ3) is 2.42. The molecule has 94 valence electrons. The summed E-state index contributed by atoms with van der Waals surface area (Å²) in [4.78, 5) is 10.0. The van der Waals surface area contributed by atoms with Gasteiger partial charge in [0.2, 0.25) is 5.15 Å². The molecule has 1 aliphatic heterocycles. The highest BCUT2D eigenvalue weighted by molar-refractivity contribution is 7.92. The molecule has 1 saturated heterocycles. The Morgan fingerprint density at radius 2 is 2.18 bits per heavy atom. The number of rotatable bonds is 2. The van der Waals surface area contributed by atoms with Gasteiger partial charge in [-0.3, -0.25) is 14.9 Å². The van der Waals surface area contributed by atoms with Gasteiger partial charge in [0.15, 0.2) is 0 Å². The van der Waals surface area contributed by atoms with Crippen molar-refractivity contribution >= 4 is 27.0 Å². The normalized spacial score (nSPS) is 29.1. The van der Waals surface area contributed by atoms with Crippen LogP contribution < -0.4 is 0 Å². The lowest BCUT2D eigenvalue weighted by molar-refractivity contribution is -0.384. The molecule has 1 aliphatic rings. The van der Waals surface area contributed by atoms with Crippen molar-refractivity contribution in [2.24, 2.45) is 0 Å². The molecule has 2 rings (SSSR count). The highest BCUT2D eigenvalue weighted by Gasteiger charge is 2.28. The first-order valence-corrected chi connectivity index (χ1v) is 7.30. The number of nitro groups is 1. The average Bonchev–Trinajstić information content (AvgIpc) is 2.60. The predicted molar refractivity (Wildman–Crippen MR) is 62.8 cm³/mol. The highest BCUT2D eigenvalue weighted by Crippen LogP contribution is 2.31. The summed E-state index contributed by atoms with van der Waals surface area (Å²) in [6.07, 6.45) is 2.15. The van der Waals surface area contributed by atoms with Crippen LogP contribution in [0.5, 0.6) is 0 Å². The van der Waals surface area contributed by atoms with E-state index in [-0.39, 0.29) is 16.9 Å². The Labute approximate surface area is 103 Å². The van der Waals surface area contributed by atoms with Gasteiger partial charge >= 0.3 is 5.69 Å². The lowest BCUT2D eigenvalue weighted by Crippen LogP contribution is -2.25. The minimum absolute atomic E-state index is 0.00150. The Hall–Kier alpha value is -1.15. The van der Waals surface area contributed by atoms with Crippen molar-refractivity contribution in [2.45, 2.75) is 18.9 Å². The van der Waals surface area contributed by atoms with Crippen LogP contribution in [0, 0.1) is 14.9 Å². The van der Waals surface area contributed by atoms with Crippen LogP contribution in [-0.2, 0) is 9.73 Å². The molecule has 1 N–H and O–H groups in total. The van der Waals surface area contributed by atoms with E-state index in [2.05, 4.69) is 5.10 Å². The molecule has 0 aromatic carbocycles. The second-order valence-electron chi connectivity index (χ2n) is 3.97. The molecule has 0 atom stereocenters. The third-order valence-corrected chi connectivity index (χ3v) is 4.98. The Morgan fingerprint density at radius 1 is 1.59 bits per heavy atom. The van der Waals surface area contributed by atoms with Gasteiger partial charge in [-0.1, -0.05) is 11.6 Å². The van der Waals surface area contributed by atoms with Gasteiger partial charge in [0.1, 0.15) is 6.20 Å². The summed E-state index contributed by atoms with van der Waals surface area (Å²) in [5.74, 6) is 0.587. The van der Waals surface area contributed by atoms with Crippen LogP contribution in [0.25, 0.3) is 0 Å². The minimum Gasteiger partial charge on any atom is -0.258 e. The Kier molecular flexibility index (Phi) is 3.09. The second kappa shape index (κ2) is 4.26. The number of aromatic nitrogens is 2. The minimum atomic E-state index is -2.46. The van der Waals surface area contributed by atoms with E-state index in [4.69, 9.17) is 16.4 Å². The molecular weight excluding hydrogens is 268 g/mol. The fraction of sp³-hybridized carbons (Fsp3) is 0.625. The quantitative estimate of drug-likeness (QED) is 0.658. The van der Waals surface area contributed by atoms with Crippen molar-refractivity contribution in [3.63, 3.8) is 0 Å². The molecular formula is C8H11ClN4O3S. The Morgan fingerprint density at radius 3 is 2.65 bits per heavy atom. The van der Waals surface area contributed by atoms with Gasteiger partial charge in [0, 0.05) is 21.2 Å². The van der Waals surface area contributed by atoms with E-state index in [0.717, 1.165) is 6.20 Å². The molecule has 0 spiro atoms. The Balaban J connectivity index is 2.22. The smallest absolute Gasteiger partial charge is 0.258 e. The van der Waals surface area contributed by atoms with Gasteiger partial charge in [-0.2, -0.15) is 5.10 Å². The monoisotopic (exact) mass is 278 g/mol. The van der Waals surface area contributed by atoms with Crippen LogP contribution in [0.4, 0.5) is 5.69 Å². The molecule has 17 heavy (non-hydrogen) atoms. The molecule has 9 heteroatoms. The van der Waals surface area contributed by atoms with Gasteiger partial charge in [-0.15, -0.1) is 0 Å². The van der Waals surface area contributed by atoms with Crippen LogP contribution in [0.1, 0.15) is 18.9 Å². The van der Waals surface area contributed by atoms with Crippen molar-refractivity contribution in [3.8, 4) is 0 Å². The summed E-state index contributed by atoms with van der Waals surface area (Å²) >= 11 is 5.86. The van der Waals surface area contributed by atoms with E-state index in [1.807, 2.05) is 0 Å². The lowest BCUT2D eigenvalue weighted by atomic mass is 10.2. The molecule has 0 aliphatic carbocycles. The average molecular weight is 279 g/mol. The first-order chi connectivity index (χ1) is 7.91. The van der Waals surface area contributed by atoms with E-state index in [0.29, 0.717) is 24.3 Å². The number of hydrogen-bond donors (Lipinski definition) is 1. The highest BCUT2D eigenvalue weighted by atomic mass is 35.5. The summed E-state index contributed by atoms with van der Waals surface area (Å²) in [5, 5.41) is 14.5. The topological polar surface area (TPSA) is 102 Å². The zero-order valence-electron chi connectivity index (χ0n) is 8.84. The first kappa shape index (κ1) is 12.3. The fourth-order valence-corrected chi connectivity index (χ4v) is 3.67. The SMILES string of the molecule is N=S1(=O)CCC(n2ncc([N+](=O)[O-])c2Cl)CC1. The number of nitrogens with zero attached hydrogens (tertiary/aromatic N) is 3. The number of nitrogens with one attached hydrogen (secondary N) is 1. The van der Waals surface area contributed by atoms with Crippen molar-refractivity contribution in [3.05, 3.63) is 21.5 Å². The van der Waals surface area contributed by atoms with Crippen LogP contribution in [-0.4, -0.2) is 30.4 Å². The van der Waals surface area contributed by atoms with Crippen LogP contribution in [0.3, 0.4) is 0 Å². The molecule has 0 unspecified atom stereocenters. The lowest BCUT2D eigenvalue weighted by Gasteiger charge is -2.23. The van der Waals surface area contributed by atoms with Crippen LogP contribution in [0.2, 0.25) is 5.15 Å². The van der Waals surface area contributed by atoms with Gasteiger partial charge < -0.3 is 0 Å². The number of hydrogen-bond acceptors (Lipinski definition) is 5. The maximum Gasteiger partial charge on any atom is 0.325 e. The maximum atomic E-state index is 11.5. The predicted octanol–water partition coefficient (Wildman–Crippen LogP) is 1.83. The van der Waals surface area contributed by atoms with Gasteiger partial charge in [0.25, 0.3) is 0 Å². The molecule has 0 radical (unpaired) electrons. The summed E-state index contributed by atoms with van der Waals surface area (Å²) in [7, 11) is -2.46. The fourth-order valence-electron chi connectivity index (χ4n) is 1.86. The third-order valence-electron chi connectivity index (χ3n) is 2.82. The zero-order valence-corrected chi connectivity index (χ0v) is 10.4. The summed E-state index contributed by atoms with van der Waals surface area (Å²) in [6, 6.07) is -0.101. The summed E-state index contributed by atoms with van der Waals surface area (Å²) in [6.45, 7) is 0. The first-order valence-electron chi connectivity index (χ1n) is 5.02. The van der Waals surface area contributed by atoms with E-state index >= 15 is 0 Å². The Bertz CT molecular complexity index is 539. The molecule has 0 saturated carbocycles.